The molecule has 0 amide bonds. The summed E-state index contributed by atoms with van der Waals surface area (Å²) in [7, 11) is 0. The van der Waals surface area contributed by atoms with E-state index >= 15 is 0 Å². The van der Waals surface area contributed by atoms with Crippen LogP contribution in [0.15, 0.2) is 30.3 Å². The Morgan fingerprint density at radius 3 is 2.62 bits per heavy atom. The summed E-state index contributed by atoms with van der Waals surface area (Å²) in [6.07, 6.45) is 0.000551. The molecule has 0 heterocycles. The Morgan fingerprint density at radius 1 is 1.31 bits per heavy atom. The highest BCUT2D eigenvalue weighted by Crippen LogP contribution is 2.12. The van der Waals surface area contributed by atoms with Crippen molar-refractivity contribution in [1.29, 1.82) is 0 Å². The molecular weight excluding hydrogens is 182 g/mol. The minimum absolute atomic E-state index is 0.664. The van der Waals surface area contributed by atoms with Gasteiger partial charge in [0.1, 0.15) is 6.23 Å². The molecule has 3 N–H and O–H groups in total. The zero-order valence-corrected chi connectivity index (χ0v) is 8.33. The molecule has 0 saturated carbocycles. The smallest absolute Gasteiger partial charge is 0.103 e. The van der Waals surface area contributed by atoms with Gasteiger partial charge in [0.2, 0.25) is 0 Å². The maximum absolute atomic E-state index is 8.81. The molecule has 0 aromatic heterocycles. The molecule has 0 unspecified atom stereocenters. The van der Waals surface area contributed by atoms with Crippen LogP contribution in [0.5, 0.6) is 0 Å². The number of nitrogens with two attached hydrogens (primary N) is 1. The second-order valence-electron chi connectivity index (χ2n) is 2.89. The Hall–Kier alpha value is -0.510. The molecule has 13 heavy (non-hydrogen) atoms. The molecule has 0 aliphatic carbocycles. The van der Waals surface area contributed by atoms with E-state index in [9.17, 15) is 0 Å². The van der Waals surface area contributed by atoms with Crippen molar-refractivity contribution in [3.05, 3.63) is 35.9 Å². The Balaban J connectivity index is 2.13. The molecule has 2 nitrogen and oxygen atoms in total. The van der Waals surface area contributed by atoms with Crippen LogP contribution < -0.4 is 5.73 Å². The predicted octanol–water partition coefficient (Wildman–Crippen LogP) is 1.59. The molecule has 72 valence electrons. The van der Waals surface area contributed by atoms with Crippen molar-refractivity contribution in [3.8, 4) is 0 Å². The molecule has 0 aliphatic rings. The van der Waals surface area contributed by atoms with Gasteiger partial charge in [0.15, 0.2) is 0 Å². The van der Waals surface area contributed by atoms with Gasteiger partial charge >= 0.3 is 0 Å². The molecule has 0 saturated heterocycles. The van der Waals surface area contributed by atoms with Gasteiger partial charge in [-0.3, -0.25) is 0 Å². The first-order chi connectivity index (χ1) is 6.29. The normalized spacial score (nSPS) is 12.8. The highest BCUT2D eigenvalue weighted by molar-refractivity contribution is 7.98. The molecule has 0 aliphatic heterocycles. The zero-order chi connectivity index (χ0) is 9.52. The van der Waals surface area contributed by atoms with Crippen molar-refractivity contribution in [2.45, 2.75) is 18.4 Å². The lowest BCUT2D eigenvalue weighted by atomic mass is 10.2. The van der Waals surface area contributed by atoms with Crippen LogP contribution in [0.25, 0.3) is 0 Å². The molecular formula is C10H15NOS. The average Bonchev–Trinajstić information content (AvgIpc) is 2.14. The lowest BCUT2D eigenvalue weighted by molar-refractivity contribution is 0.179. The highest BCUT2D eigenvalue weighted by atomic mass is 32.2. The van der Waals surface area contributed by atoms with Crippen LogP contribution in [0.4, 0.5) is 0 Å². The molecule has 0 spiro atoms. The molecule has 0 radical (unpaired) electrons. The van der Waals surface area contributed by atoms with Crippen molar-refractivity contribution >= 4 is 11.8 Å². The lowest BCUT2D eigenvalue weighted by Crippen LogP contribution is -2.19. The van der Waals surface area contributed by atoms with E-state index in [-0.39, 0.29) is 0 Å². The van der Waals surface area contributed by atoms with Crippen LogP contribution in [0.1, 0.15) is 12.0 Å². The third-order valence-electron chi connectivity index (χ3n) is 1.67. The van der Waals surface area contributed by atoms with Crippen LogP contribution >= 0.6 is 11.8 Å². The Bertz CT molecular complexity index is 226. The molecule has 1 aromatic rings. The Kier molecular flexibility index (Phi) is 4.90. The number of benzene rings is 1. The summed E-state index contributed by atoms with van der Waals surface area (Å²) in [6.45, 7) is 0. The largest absolute Gasteiger partial charge is 0.379 e. The van der Waals surface area contributed by atoms with Gasteiger partial charge in [-0.2, -0.15) is 11.8 Å². The quantitative estimate of drug-likeness (QED) is 0.556. The predicted molar refractivity (Wildman–Crippen MR) is 57.4 cm³/mol. The average molecular weight is 197 g/mol. The number of aliphatic hydroxyl groups is 1. The van der Waals surface area contributed by atoms with Crippen molar-refractivity contribution < 1.29 is 5.11 Å². The highest BCUT2D eigenvalue weighted by Gasteiger charge is 1.96. The second-order valence-corrected chi connectivity index (χ2v) is 4.00. The summed E-state index contributed by atoms with van der Waals surface area (Å²) in [5, 5.41) is 8.81. The first kappa shape index (κ1) is 10.6. The van der Waals surface area contributed by atoms with Crippen LogP contribution in [-0.4, -0.2) is 17.1 Å². The summed E-state index contributed by atoms with van der Waals surface area (Å²) in [4.78, 5) is 0. The van der Waals surface area contributed by atoms with E-state index in [1.54, 1.807) is 11.8 Å². The van der Waals surface area contributed by atoms with E-state index in [1.807, 2.05) is 18.2 Å². The Labute approximate surface area is 83.1 Å². The maximum Gasteiger partial charge on any atom is 0.103 e. The fourth-order valence-electron chi connectivity index (χ4n) is 0.968. The van der Waals surface area contributed by atoms with E-state index in [1.165, 1.54) is 5.56 Å². The van der Waals surface area contributed by atoms with Gasteiger partial charge in [-0.15, -0.1) is 0 Å². The monoisotopic (exact) mass is 197 g/mol. The van der Waals surface area contributed by atoms with Gasteiger partial charge in [-0.25, -0.2) is 0 Å². The lowest BCUT2D eigenvalue weighted by Gasteiger charge is -2.03. The molecule has 1 atom stereocenters. The molecule has 1 rings (SSSR count). The molecule has 0 bridgehead atoms. The Morgan fingerprint density at radius 2 is 2.00 bits per heavy atom. The molecule has 0 fully saturated rings. The zero-order valence-electron chi connectivity index (χ0n) is 7.52. The summed E-state index contributed by atoms with van der Waals surface area (Å²) < 4.78 is 0. The third kappa shape index (κ3) is 4.93. The van der Waals surface area contributed by atoms with Crippen molar-refractivity contribution in [1.82, 2.24) is 0 Å². The first-order valence-electron chi connectivity index (χ1n) is 4.34. The SMILES string of the molecule is N[C@H](O)CCSCc1ccccc1. The van der Waals surface area contributed by atoms with Crippen LogP contribution in [-0.2, 0) is 5.75 Å². The minimum Gasteiger partial charge on any atom is -0.379 e. The first-order valence-corrected chi connectivity index (χ1v) is 5.50. The fourth-order valence-corrected chi connectivity index (χ4v) is 1.95. The second kappa shape index (κ2) is 6.02. The van der Waals surface area contributed by atoms with Gasteiger partial charge in [0.25, 0.3) is 0 Å². The maximum atomic E-state index is 8.81. The van der Waals surface area contributed by atoms with Gasteiger partial charge in [-0.05, 0) is 17.7 Å². The van der Waals surface area contributed by atoms with Crippen molar-refractivity contribution in [3.63, 3.8) is 0 Å². The minimum atomic E-state index is -0.664. The summed E-state index contributed by atoms with van der Waals surface area (Å²) in [6, 6.07) is 10.3. The number of thioether (sulfide) groups is 1. The van der Waals surface area contributed by atoms with E-state index in [2.05, 4.69) is 12.1 Å². The van der Waals surface area contributed by atoms with Gasteiger partial charge in [-0.1, -0.05) is 30.3 Å². The third-order valence-corrected chi connectivity index (χ3v) is 2.73. The van der Waals surface area contributed by atoms with E-state index in [0.29, 0.717) is 6.42 Å². The number of rotatable bonds is 5. The summed E-state index contributed by atoms with van der Waals surface area (Å²) in [5.41, 5.74) is 6.53. The molecule has 1 aromatic carbocycles. The number of aliphatic hydroxyl groups excluding tert-OH is 1. The van der Waals surface area contributed by atoms with Crippen LogP contribution in [0.2, 0.25) is 0 Å². The van der Waals surface area contributed by atoms with Crippen molar-refractivity contribution in [2.75, 3.05) is 5.75 Å². The van der Waals surface area contributed by atoms with Gasteiger partial charge in [0, 0.05) is 5.75 Å². The van der Waals surface area contributed by atoms with E-state index < -0.39 is 6.23 Å². The van der Waals surface area contributed by atoms with Gasteiger partial charge in [0.05, 0.1) is 0 Å². The topological polar surface area (TPSA) is 46.2 Å². The fraction of sp³-hybridized carbons (Fsp3) is 0.400. The van der Waals surface area contributed by atoms with Crippen LogP contribution in [0, 0.1) is 0 Å². The standard InChI is InChI=1S/C10H15NOS/c11-10(12)6-7-13-8-9-4-2-1-3-5-9/h1-5,10,12H,6-8,11H2/t10-/m1/s1. The summed E-state index contributed by atoms with van der Waals surface area (Å²) >= 11 is 1.79. The van der Waals surface area contributed by atoms with E-state index in [0.717, 1.165) is 11.5 Å². The summed E-state index contributed by atoms with van der Waals surface area (Å²) in [5.74, 6) is 1.90. The van der Waals surface area contributed by atoms with Crippen LogP contribution in [0.3, 0.4) is 0 Å². The number of hydrogen-bond donors (Lipinski definition) is 2. The molecule has 3 heteroatoms. The number of hydrogen-bond acceptors (Lipinski definition) is 3. The van der Waals surface area contributed by atoms with Crippen molar-refractivity contribution in [2.24, 2.45) is 5.73 Å². The van der Waals surface area contributed by atoms with Gasteiger partial charge < -0.3 is 10.8 Å². The van der Waals surface area contributed by atoms with E-state index in [4.69, 9.17) is 10.8 Å².